The van der Waals surface area contributed by atoms with Crippen LogP contribution in [0.5, 0.6) is 0 Å². The monoisotopic (exact) mass is 239 g/mol. The van der Waals surface area contributed by atoms with Gasteiger partial charge < -0.3 is 5.73 Å². The molecule has 2 rings (SSSR count). The van der Waals surface area contributed by atoms with Gasteiger partial charge in [-0.25, -0.2) is 23.1 Å². The highest BCUT2D eigenvalue weighted by Gasteiger charge is 2.12. The van der Waals surface area contributed by atoms with E-state index in [1.165, 1.54) is 6.07 Å². The van der Waals surface area contributed by atoms with Crippen molar-refractivity contribution in [2.24, 2.45) is 0 Å². The molecule has 0 aliphatic heterocycles. The van der Waals surface area contributed by atoms with E-state index in [0.717, 1.165) is 12.1 Å². The fraction of sp³-hybridized carbons (Fsp3) is 0.0909. The molecular weight excluding hydrogens is 231 g/mol. The summed E-state index contributed by atoms with van der Waals surface area (Å²) >= 11 is 0. The third kappa shape index (κ3) is 2.20. The van der Waals surface area contributed by atoms with Gasteiger partial charge in [0.25, 0.3) is 0 Å². The van der Waals surface area contributed by atoms with E-state index in [1.54, 1.807) is 6.92 Å². The third-order valence-corrected chi connectivity index (χ3v) is 2.14. The van der Waals surface area contributed by atoms with Gasteiger partial charge in [-0.05, 0) is 19.1 Å². The van der Waals surface area contributed by atoms with Gasteiger partial charge in [-0.2, -0.15) is 0 Å². The Bertz CT molecular complexity index is 541. The van der Waals surface area contributed by atoms with Crippen LogP contribution in [-0.2, 0) is 0 Å². The Balaban J connectivity index is 2.60. The summed E-state index contributed by atoms with van der Waals surface area (Å²) in [5.74, 6) is -3.50. The molecule has 1 aromatic carbocycles. The number of halogens is 3. The van der Waals surface area contributed by atoms with Gasteiger partial charge in [-0.1, -0.05) is 0 Å². The van der Waals surface area contributed by atoms with Crippen LogP contribution in [-0.4, -0.2) is 9.97 Å². The predicted molar refractivity (Wildman–Crippen MR) is 56.5 cm³/mol. The molecule has 0 unspecified atom stereocenters. The van der Waals surface area contributed by atoms with Crippen LogP contribution < -0.4 is 5.73 Å². The van der Waals surface area contributed by atoms with E-state index in [4.69, 9.17) is 5.73 Å². The minimum atomic E-state index is -1.51. The molecule has 0 aliphatic carbocycles. The molecule has 1 heterocycles. The van der Waals surface area contributed by atoms with Crippen molar-refractivity contribution in [2.75, 3.05) is 5.73 Å². The number of nitrogens with zero attached hydrogens (tertiary/aromatic N) is 2. The van der Waals surface area contributed by atoms with E-state index in [-0.39, 0.29) is 17.1 Å². The number of nitrogen functional groups attached to an aromatic ring is 1. The number of anilines is 1. The normalized spacial score (nSPS) is 10.6. The number of aromatic nitrogens is 2. The molecule has 0 spiro atoms. The van der Waals surface area contributed by atoms with E-state index in [9.17, 15) is 13.2 Å². The lowest BCUT2D eigenvalue weighted by atomic mass is 10.1. The van der Waals surface area contributed by atoms with E-state index in [2.05, 4.69) is 9.97 Å². The van der Waals surface area contributed by atoms with Crippen LogP contribution in [0.25, 0.3) is 11.3 Å². The van der Waals surface area contributed by atoms with Gasteiger partial charge in [-0.15, -0.1) is 0 Å². The summed E-state index contributed by atoms with van der Waals surface area (Å²) in [6, 6.07) is 3.08. The number of aryl methyl sites for hydroxylation is 1. The Morgan fingerprint density at radius 3 is 2.12 bits per heavy atom. The van der Waals surface area contributed by atoms with E-state index in [1.807, 2.05) is 0 Å². The molecule has 2 N–H and O–H groups in total. The summed E-state index contributed by atoms with van der Waals surface area (Å²) in [6.07, 6.45) is 0. The molecule has 6 heteroatoms. The van der Waals surface area contributed by atoms with Crippen LogP contribution in [0, 0.1) is 24.4 Å². The molecule has 88 valence electrons. The number of benzene rings is 1. The van der Waals surface area contributed by atoms with Crippen LogP contribution >= 0.6 is 0 Å². The molecule has 1 aromatic heterocycles. The van der Waals surface area contributed by atoms with Crippen molar-refractivity contribution >= 4 is 5.82 Å². The minimum Gasteiger partial charge on any atom is -0.384 e. The second-order valence-corrected chi connectivity index (χ2v) is 3.48. The second kappa shape index (κ2) is 4.04. The molecule has 0 aliphatic rings. The number of hydrogen-bond acceptors (Lipinski definition) is 3. The third-order valence-electron chi connectivity index (χ3n) is 2.14. The van der Waals surface area contributed by atoms with Crippen molar-refractivity contribution in [3.63, 3.8) is 0 Å². The first-order valence-corrected chi connectivity index (χ1v) is 4.73. The number of rotatable bonds is 1. The largest absolute Gasteiger partial charge is 0.384 e. The first-order valence-electron chi connectivity index (χ1n) is 4.73. The highest BCUT2D eigenvalue weighted by Crippen LogP contribution is 2.23. The van der Waals surface area contributed by atoms with Gasteiger partial charge in [0.15, 0.2) is 17.5 Å². The highest BCUT2D eigenvalue weighted by molar-refractivity contribution is 5.62. The van der Waals surface area contributed by atoms with Gasteiger partial charge >= 0.3 is 0 Å². The topological polar surface area (TPSA) is 51.8 Å². The molecule has 0 amide bonds. The quantitative estimate of drug-likeness (QED) is 0.777. The summed E-state index contributed by atoms with van der Waals surface area (Å²) in [5.41, 5.74) is 5.84. The summed E-state index contributed by atoms with van der Waals surface area (Å²) < 4.78 is 38.9. The second-order valence-electron chi connectivity index (χ2n) is 3.48. The molecule has 0 bridgehead atoms. The molecule has 0 atom stereocenters. The molecule has 2 aromatic rings. The van der Waals surface area contributed by atoms with Gasteiger partial charge in [-0.3, -0.25) is 0 Å². The first-order chi connectivity index (χ1) is 7.97. The smallest absolute Gasteiger partial charge is 0.194 e. The highest BCUT2D eigenvalue weighted by atomic mass is 19.2. The van der Waals surface area contributed by atoms with Crippen molar-refractivity contribution in [1.82, 2.24) is 9.97 Å². The van der Waals surface area contributed by atoms with Crippen molar-refractivity contribution in [3.05, 3.63) is 41.5 Å². The zero-order valence-corrected chi connectivity index (χ0v) is 8.84. The lowest BCUT2D eigenvalue weighted by molar-refractivity contribution is 0.447. The maximum absolute atomic E-state index is 13.0. The van der Waals surface area contributed by atoms with Crippen LogP contribution in [0.3, 0.4) is 0 Å². The Morgan fingerprint density at radius 2 is 1.59 bits per heavy atom. The Labute approximate surface area is 95.1 Å². The molecule has 0 fully saturated rings. The summed E-state index contributed by atoms with van der Waals surface area (Å²) in [6.45, 7) is 1.59. The van der Waals surface area contributed by atoms with Crippen LogP contribution in [0.4, 0.5) is 19.0 Å². The lowest BCUT2D eigenvalue weighted by Gasteiger charge is -2.04. The Kier molecular flexibility index (Phi) is 2.71. The first kappa shape index (κ1) is 11.4. The molecule has 0 saturated carbocycles. The Hall–Kier alpha value is -2.11. The maximum Gasteiger partial charge on any atom is 0.194 e. The van der Waals surface area contributed by atoms with Crippen molar-refractivity contribution in [1.29, 1.82) is 0 Å². The number of nitrogens with two attached hydrogens (primary N) is 1. The van der Waals surface area contributed by atoms with Gasteiger partial charge in [0, 0.05) is 11.6 Å². The zero-order chi connectivity index (χ0) is 12.6. The van der Waals surface area contributed by atoms with Crippen LogP contribution in [0.15, 0.2) is 18.2 Å². The van der Waals surface area contributed by atoms with E-state index >= 15 is 0 Å². The van der Waals surface area contributed by atoms with Gasteiger partial charge in [0.05, 0.1) is 5.69 Å². The molecular formula is C11H8F3N3. The standard InChI is InChI=1S/C11H8F3N3/c1-5-16-9(4-10(15)17-5)6-2-7(12)11(14)8(13)3-6/h2-4H,1H3,(H2,15,16,17). The average molecular weight is 239 g/mol. The van der Waals surface area contributed by atoms with Crippen LogP contribution in [0.1, 0.15) is 5.82 Å². The molecule has 3 nitrogen and oxygen atoms in total. The minimum absolute atomic E-state index is 0.110. The van der Waals surface area contributed by atoms with Crippen molar-refractivity contribution in [3.8, 4) is 11.3 Å². The van der Waals surface area contributed by atoms with Crippen molar-refractivity contribution in [2.45, 2.75) is 6.92 Å². The molecule has 0 radical (unpaired) electrons. The van der Waals surface area contributed by atoms with E-state index < -0.39 is 17.5 Å². The Morgan fingerprint density at radius 1 is 1.00 bits per heavy atom. The van der Waals surface area contributed by atoms with E-state index in [0.29, 0.717) is 5.82 Å². The predicted octanol–water partition coefficient (Wildman–Crippen LogP) is 2.45. The fourth-order valence-corrected chi connectivity index (χ4v) is 1.44. The fourth-order valence-electron chi connectivity index (χ4n) is 1.44. The summed E-state index contributed by atoms with van der Waals surface area (Å²) in [7, 11) is 0. The molecule has 17 heavy (non-hydrogen) atoms. The number of hydrogen-bond donors (Lipinski definition) is 1. The summed E-state index contributed by atoms with van der Waals surface area (Å²) in [4.78, 5) is 7.80. The van der Waals surface area contributed by atoms with Gasteiger partial charge in [0.1, 0.15) is 11.6 Å². The van der Waals surface area contributed by atoms with Gasteiger partial charge in [0.2, 0.25) is 0 Å². The average Bonchev–Trinajstić information content (AvgIpc) is 2.23. The van der Waals surface area contributed by atoms with Crippen LogP contribution in [0.2, 0.25) is 0 Å². The maximum atomic E-state index is 13.0. The summed E-state index contributed by atoms with van der Waals surface area (Å²) in [5, 5.41) is 0. The van der Waals surface area contributed by atoms with Crippen molar-refractivity contribution < 1.29 is 13.2 Å². The lowest BCUT2D eigenvalue weighted by Crippen LogP contribution is -1.99. The molecule has 0 saturated heterocycles. The zero-order valence-electron chi connectivity index (χ0n) is 8.84. The SMILES string of the molecule is Cc1nc(N)cc(-c2cc(F)c(F)c(F)c2)n1.